The minimum Gasteiger partial charge on any atom is -0.397 e. The molecule has 21 heavy (non-hydrogen) atoms. The molecule has 4 nitrogen and oxygen atoms in total. The van der Waals surface area contributed by atoms with Gasteiger partial charge in [-0.25, -0.2) is 4.39 Å². The molecule has 0 aliphatic rings. The number of carbonyl (C=O) groups excluding carboxylic acids is 1. The molecular weight excluding hydrogens is 269 g/mol. The number of aryl methyl sites for hydroxylation is 2. The van der Waals surface area contributed by atoms with Crippen molar-refractivity contribution >= 4 is 17.3 Å². The molecule has 0 atom stereocenters. The lowest BCUT2D eigenvalue weighted by Crippen LogP contribution is -2.12. The third-order valence-electron chi connectivity index (χ3n) is 3.32. The van der Waals surface area contributed by atoms with Crippen molar-refractivity contribution in [3.63, 3.8) is 0 Å². The first-order valence-corrected chi connectivity index (χ1v) is 6.57. The number of nitrogens with two attached hydrogens (primary N) is 2. The number of primary amides is 1. The number of nitrogen functional groups attached to an aromatic ring is 1. The molecule has 0 aliphatic carbocycles. The summed E-state index contributed by atoms with van der Waals surface area (Å²) in [5.41, 5.74) is 14.8. The Labute approximate surface area is 123 Å². The van der Waals surface area contributed by atoms with E-state index < -0.39 is 5.91 Å². The van der Waals surface area contributed by atoms with Crippen LogP contribution in [-0.4, -0.2) is 5.91 Å². The molecule has 5 N–H and O–H groups in total. The molecule has 0 bridgehead atoms. The minimum atomic E-state index is -0.508. The van der Waals surface area contributed by atoms with Gasteiger partial charge in [0.25, 0.3) is 0 Å². The summed E-state index contributed by atoms with van der Waals surface area (Å²) in [7, 11) is 0. The zero-order valence-electron chi connectivity index (χ0n) is 12.0. The van der Waals surface area contributed by atoms with Crippen LogP contribution in [0, 0.1) is 19.7 Å². The first-order chi connectivity index (χ1) is 9.88. The number of halogens is 1. The maximum absolute atomic E-state index is 13.6. The molecule has 110 valence electrons. The summed E-state index contributed by atoms with van der Waals surface area (Å²) in [5, 5.41) is 3.14. The summed E-state index contributed by atoms with van der Waals surface area (Å²) >= 11 is 0. The Morgan fingerprint density at radius 1 is 1.19 bits per heavy atom. The second-order valence-corrected chi connectivity index (χ2v) is 5.06. The van der Waals surface area contributed by atoms with Gasteiger partial charge in [0.2, 0.25) is 5.91 Å². The Morgan fingerprint density at radius 2 is 1.81 bits per heavy atom. The zero-order valence-corrected chi connectivity index (χ0v) is 12.0. The average Bonchev–Trinajstić information content (AvgIpc) is 2.43. The molecule has 5 heteroatoms. The normalized spacial score (nSPS) is 10.4. The Kier molecular flexibility index (Phi) is 4.12. The number of amides is 1. The first-order valence-electron chi connectivity index (χ1n) is 6.57. The molecule has 0 aromatic heterocycles. The molecule has 2 rings (SSSR count). The van der Waals surface area contributed by atoms with Crippen LogP contribution in [0.25, 0.3) is 0 Å². The number of benzene rings is 2. The van der Waals surface area contributed by atoms with Crippen molar-refractivity contribution in [1.82, 2.24) is 0 Å². The van der Waals surface area contributed by atoms with Crippen molar-refractivity contribution in [3.05, 3.63) is 58.4 Å². The lowest BCUT2D eigenvalue weighted by Gasteiger charge is -2.12. The molecule has 0 heterocycles. The van der Waals surface area contributed by atoms with E-state index in [0.717, 1.165) is 5.56 Å². The third kappa shape index (κ3) is 3.31. The molecule has 0 spiro atoms. The molecule has 1 amide bonds. The van der Waals surface area contributed by atoms with Crippen molar-refractivity contribution in [3.8, 4) is 0 Å². The van der Waals surface area contributed by atoms with Gasteiger partial charge in [-0.3, -0.25) is 4.79 Å². The molecule has 2 aromatic rings. The maximum Gasteiger partial charge on any atom is 0.248 e. The van der Waals surface area contributed by atoms with E-state index in [2.05, 4.69) is 5.32 Å². The summed E-state index contributed by atoms with van der Waals surface area (Å²) in [6.07, 6.45) is 0. The summed E-state index contributed by atoms with van der Waals surface area (Å²) < 4.78 is 13.6. The van der Waals surface area contributed by atoms with Gasteiger partial charge in [-0.2, -0.15) is 0 Å². The molecular formula is C16H18FN3O. The van der Waals surface area contributed by atoms with Crippen LogP contribution < -0.4 is 16.8 Å². The van der Waals surface area contributed by atoms with Crippen LogP contribution >= 0.6 is 0 Å². The molecule has 0 radical (unpaired) electrons. The predicted octanol–water partition coefficient (Wildman–Crippen LogP) is 2.74. The minimum absolute atomic E-state index is 0.186. The highest BCUT2D eigenvalue weighted by atomic mass is 19.1. The van der Waals surface area contributed by atoms with Gasteiger partial charge in [0.05, 0.1) is 11.4 Å². The number of anilines is 2. The smallest absolute Gasteiger partial charge is 0.248 e. The fourth-order valence-corrected chi connectivity index (χ4v) is 2.20. The lowest BCUT2D eigenvalue weighted by atomic mass is 10.1. The van der Waals surface area contributed by atoms with Gasteiger partial charge in [-0.15, -0.1) is 0 Å². The van der Waals surface area contributed by atoms with Gasteiger partial charge in [0.15, 0.2) is 0 Å². The largest absolute Gasteiger partial charge is 0.397 e. The van der Waals surface area contributed by atoms with E-state index in [1.165, 1.54) is 0 Å². The van der Waals surface area contributed by atoms with E-state index in [1.54, 1.807) is 44.2 Å². The van der Waals surface area contributed by atoms with Crippen LogP contribution in [0.5, 0.6) is 0 Å². The van der Waals surface area contributed by atoms with Crippen molar-refractivity contribution in [2.45, 2.75) is 20.4 Å². The SMILES string of the molecule is Cc1cc(CNc2cc(C(N)=O)ccc2N)cc(C)c1F. The van der Waals surface area contributed by atoms with Crippen LogP contribution in [0.1, 0.15) is 27.0 Å². The van der Waals surface area contributed by atoms with Gasteiger partial charge in [-0.1, -0.05) is 12.1 Å². The molecule has 0 saturated heterocycles. The van der Waals surface area contributed by atoms with E-state index >= 15 is 0 Å². The van der Waals surface area contributed by atoms with E-state index in [4.69, 9.17) is 11.5 Å². The standard InChI is InChI=1S/C16H18FN3O/c1-9-5-11(6-10(2)15(9)17)8-20-14-7-12(16(19)21)3-4-13(14)18/h3-7,20H,8,18H2,1-2H3,(H2,19,21). The van der Waals surface area contributed by atoms with E-state index in [1.807, 2.05) is 0 Å². The van der Waals surface area contributed by atoms with E-state index in [9.17, 15) is 9.18 Å². The summed E-state index contributed by atoms with van der Waals surface area (Å²) in [6, 6.07) is 8.38. The third-order valence-corrected chi connectivity index (χ3v) is 3.32. The zero-order chi connectivity index (χ0) is 15.6. The summed E-state index contributed by atoms with van der Waals surface area (Å²) in [6.45, 7) is 3.94. The van der Waals surface area contributed by atoms with Gasteiger partial charge >= 0.3 is 0 Å². The monoisotopic (exact) mass is 287 g/mol. The Bertz CT molecular complexity index is 675. The number of rotatable bonds is 4. The molecule has 0 saturated carbocycles. The quantitative estimate of drug-likeness (QED) is 0.756. The number of hydrogen-bond donors (Lipinski definition) is 3. The Balaban J connectivity index is 2.20. The number of nitrogens with one attached hydrogen (secondary N) is 1. The van der Waals surface area contributed by atoms with Gasteiger partial charge in [0.1, 0.15) is 5.82 Å². The first kappa shape index (κ1) is 14.8. The van der Waals surface area contributed by atoms with Crippen molar-refractivity contribution in [2.24, 2.45) is 5.73 Å². The van der Waals surface area contributed by atoms with Crippen LogP contribution in [-0.2, 0) is 6.54 Å². The van der Waals surface area contributed by atoms with Crippen LogP contribution in [0.3, 0.4) is 0 Å². The lowest BCUT2D eigenvalue weighted by molar-refractivity contribution is 0.100. The summed E-state index contributed by atoms with van der Waals surface area (Å²) in [5.74, 6) is -0.694. The van der Waals surface area contributed by atoms with Crippen LogP contribution in [0.15, 0.2) is 30.3 Å². The van der Waals surface area contributed by atoms with Crippen molar-refractivity contribution < 1.29 is 9.18 Å². The van der Waals surface area contributed by atoms with Crippen molar-refractivity contribution in [2.75, 3.05) is 11.1 Å². The van der Waals surface area contributed by atoms with Crippen molar-refractivity contribution in [1.29, 1.82) is 0 Å². The predicted molar refractivity (Wildman–Crippen MR) is 82.6 cm³/mol. The maximum atomic E-state index is 13.6. The highest BCUT2D eigenvalue weighted by Crippen LogP contribution is 2.22. The summed E-state index contributed by atoms with van der Waals surface area (Å²) in [4.78, 5) is 11.2. The van der Waals surface area contributed by atoms with Gasteiger partial charge < -0.3 is 16.8 Å². The van der Waals surface area contributed by atoms with E-state index in [-0.39, 0.29) is 5.82 Å². The van der Waals surface area contributed by atoms with Gasteiger partial charge in [0, 0.05) is 12.1 Å². The van der Waals surface area contributed by atoms with Crippen LogP contribution in [0.4, 0.5) is 15.8 Å². The fraction of sp³-hybridized carbons (Fsp3) is 0.188. The van der Waals surface area contributed by atoms with Crippen LogP contribution in [0.2, 0.25) is 0 Å². The molecule has 0 aliphatic heterocycles. The second-order valence-electron chi connectivity index (χ2n) is 5.06. The second kappa shape index (κ2) is 5.83. The van der Waals surface area contributed by atoms with Gasteiger partial charge in [-0.05, 0) is 48.7 Å². The molecule has 2 aromatic carbocycles. The Morgan fingerprint density at radius 3 is 2.38 bits per heavy atom. The molecule has 0 fully saturated rings. The Hall–Kier alpha value is -2.56. The fourth-order valence-electron chi connectivity index (χ4n) is 2.20. The average molecular weight is 287 g/mol. The number of hydrogen-bond acceptors (Lipinski definition) is 3. The molecule has 0 unspecified atom stereocenters. The highest BCUT2D eigenvalue weighted by Gasteiger charge is 2.07. The number of carbonyl (C=O) groups is 1. The topological polar surface area (TPSA) is 81.1 Å². The highest BCUT2D eigenvalue weighted by molar-refractivity contribution is 5.94. The van der Waals surface area contributed by atoms with E-state index in [0.29, 0.717) is 34.6 Å².